The lowest BCUT2D eigenvalue weighted by Gasteiger charge is -2.13. The molecule has 0 fully saturated rings. The molecule has 22 heavy (non-hydrogen) atoms. The fourth-order valence-corrected chi connectivity index (χ4v) is 2.40. The minimum Gasteiger partial charge on any atom is -0.350 e. The average molecular weight is 359 g/mol. The lowest BCUT2D eigenvalue weighted by Crippen LogP contribution is -2.37. The second kappa shape index (κ2) is 5.61. The Morgan fingerprint density at radius 1 is 1.14 bits per heavy atom. The Morgan fingerprint density at radius 3 is 2.50 bits per heavy atom. The molecule has 2 amide bonds. The van der Waals surface area contributed by atoms with Gasteiger partial charge in [-0.2, -0.15) is 4.68 Å². The topological polar surface area (TPSA) is 90.0 Å². The number of urea groups is 1. The van der Waals surface area contributed by atoms with E-state index in [1.54, 1.807) is 36.4 Å². The van der Waals surface area contributed by atoms with Crippen molar-refractivity contribution in [3.63, 3.8) is 0 Å². The van der Waals surface area contributed by atoms with Crippen LogP contribution in [0, 0.1) is 0 Å². The van der Waals surface area contributed by atoms with Crippen LogP contribution in [-0.2, 0) is 0 Å². The first-order valence-corrected chi connectivity index (χ1v) is 7.20. The minimum absolute atomic E-state index is 0.315. The van der Waals surface area contributed by atoms with Crippen LogP contribution in [0.3, 0.4) is 0 Å². The van der Waals surface area contributed by atoms with Gasteiger partial charge in [-0.3, -0.25) is 4.79 Å². The van der Waals surface area contributed by atoms with E-state index in [9.17, 15) is 9.59 Å². The van der Waals surface area contributed by atoms with E-state index in [2.05, 4.69) is 26.3 Å². The van der Waals surface area contributed by atoms with Gasteiger partial charge in [-0.25, -0.2) is 15.2 Å². The monoisotopic (exact) mass is 358 g/mol. The fraction of sp³-hybridized carbons (Fsp3) is 0. The van der Waals surface area contributed by atoms with E-state index in [1.807, 2.05) is 12.1 Å². The van der Waals surface area contributed by atoms with Gasteiger partial charge in [0.1, 0.15) is 0 Å². The van der Waals surface area contributed by atoms with Gasteiger partial charge in [0.15, 0.2) is 5.82 Å². The lowest BCUT2D eigenvalue weighted by molar-refractivity contribution is 0.257. The fourth-order valence-electron chi connectivity index (χ4n) is 2.14. The number of hydrogen-bond acceptors (Lipinski definition) is 3. The second-order valence-corrected chi connectivity index (χ2v) is 5.49. The predicted molar refractivity (Wildman–Crippen MR) is 88.1 cm³/mol. The largest absolute Gasteiger partial charge is 0.350 e. The Labute approximate surface area is 133 Å². The van der Waals surface area contributed by atoms with Gasteiger partial charge in [0.25, 0.3) is 5.56 Å². The third kappa shape index (κ3) is 2.58. The normalized spacial score (nSPS) is 10.6. The molecule has 110 valence electrons. The van der Waals surface area contributed by atoms with E-state index >= 15 is 0 Å². The molecule has 0 saturated carbocycles. The third-order valence-electron chi connectivity index (χ3n) is 3.10. The molecule has 0 unspecified atom stereocenters. The molecular weight excluding hydrogens is 348 g/mol. The standard InChI is InChI=1S/C15H11BrN4O2/c16-10-7-5-9(6-8-10)13-18-12-4-2-1-3-11(12)14(21)20(13)19-15(17)22/h1-8H,(H3,17,19,22). The highest BCUT2D eigenvalue weighted by Crippen LogP contribution is 2.20. The maximum atomic E-state index is 12.6. The van der Waals surface area contributed by atoms with E-state index in [-0.39, 0.29) is 5.56 Å². The first kappa shape index (κ1) is 14.3. The quantitative estimate of drug-likeness (QED) is 0.737. The number of primary amides is 1. The summed E-state index contributed by atoms with van der Waals surface area (Å²) in [7, 11) is 0. The van der Waals surface area contributed by atoms with E-state index in [4.69, 9.17) is 5.73 Å². The highest BCUT2D eigenvalue weighted by Gasteiger charge is 2.13. The SMILES string of the molecule is NC(=O)Nn1c(-c2ccc(Br)cc2)nc2ccccc2c1=O. The summed E-state index contributed by atoms with van der Waals surface area (Å²) >= 11 is 3.35. The Bertz CT molecular complexity index is 919. The van der Waals surface area contributed by atoms with Crippen molar-refractivity contribution in [1.29, 1.82) is 0 Å². The average Bonchev–Trinajstić information content (AvgIpc) is 2.50. The number of fused-ring (bicyclic) bond motifs is 1. The highest BCUT2D eigenvalue weighted by molar-refractivity contribution is 9.10. The molecule has 3 rings (SSSR count). The number of nitrogens with zero attached hydrogens (tertiary/aromatic N) is 2. The smallest absolute Gasteiger partial charge is 0.331 e. The molecule has 0 atom stereocenters. The van der Waals surface area contributed by atoms with Gasteiger partial charge in [-0.05, 0) is 24.3 Å². The van der Waals surface area contributed by atoms with Crippen molar-refractivity contribution < 1.29 is 4.79 Å². The number of carbonyl (C=O) groups is 1. The summed E-state index contributed by atoms with van der Waals surface area (Å²) < 4.78 is 1.96. The van der Waals surface area contributed by atoms with Crippen LogP contribution in [0.4, 0.5) is 4.79 Å². The van der Waals surface area contributed by atoms with Crippen LogP contribution in [0.2, 0.25) is 0 Å². The number of hydrogen-bond donors (Lipinski definition) is 2. The Kier molecular flexibility index (Phi) is 3.64. The predicted octanol–water partition coefficient (Wildman–Crippen LogP) is 2.45. The number of rotatable bonds is 2. The van der Waals surface area contributed by atoms with Gasteiger partial charge in [-0.1, -0.05) is 40.2 Å². The molecule has 3 N–H and O–H groups in total. The first-order valence-electron chi connectivity index (χ1n) is 6.40. The van der Waals surface area contributed by atoms with Crippen molar-refractivity contribution >= 4 is 32.9 Å². The van der Waals surface area contributed by atoms with Crippen LogP contribution in [0.5, 0.6) is 0 Å². The number of nitrogens with two attached hydrogens (primary N) is 1. The van der Waals surface area contributed by atoms with Crippen LogP contribution in [0.1, 0.15) is 0 Å². The lowest BCUT2D eigenvalue weighted by atomic mass is 10.2. The van der Waals surface area contributed by atoms with Crippen LogP contribution in [0.15, 0.2) is 57.8 Å². The number of benzene rings is 2. The third-order valence-corrected chi connectivity index (χ3v) is 3.63. The molecule has 0 saturated heterocycles. The first-order chi connectivity index (χ1) is 10.6. The molecule has 1 heterocycles. The summed E-state index contributed by atoms with van der Waals surface area (Å²) in [5.41, 5.74) is 8.32. The van der Waals surface area contributed by atoms with Gasteiger partial charge < -0.3 is 5.73 Å². The zero-order chi connectivity index (χ0) is 15.7. The molecule has 0 bridgehead atoms. The number of nitrogens with one attached hydrogen (secondary N) is 1. The van der Waals surface area contributed by atoms with Crippen molar-refractivity contribution in [2.45, 2.75) is 0 Å². The van der Waals surface area contributed by atoms with Crippen molar-refractivity contribution in [2.24, 2.45) is 5.73 Å². The van der Waals surface area contributed by atoms with Crippen LogP contribution >= 0.6 is 15.9 Å². The van der Waals surface area contributed by atoms with Gasteiger partial charge in [0.05, 0.1) is 10.9 Å². The molecule has 2 aromatic carbocycles. The summed E-state index contributed by atoms with van der Waals surface area (Å²) in [6.07, 6.45) is 0. The van der Waals surface area contributed by atoms with Crippen molar-refractivity contribution in [2.75, 3.05) is 5.43 Å². The zero-order valence-electron chi connectivity index (χ0n) is 11.3. The molecule has 0 aliphatic rings. The zero-order valence-corrected chi connectivity index (χ0v) is 12.9. The molecule has 0 aliphatic heterocycles. The maximum Gasteiger partial charge on any atom is 0.331 e. The second-order valence-electron chi connectivity index (χ2n) is 4.58. The van der Waals surface area contributed by atoms with Crippen molar-refractivity contribution in [3.05, 3.63) is 63.4 Å². The molecule has 3 aromatic rings. The van der Waals surface area contributed by atoms with Gasteiger partial charge in [0.2, 0.25) is 0 Å². The molecule has 0 aliphatic carbocycles. The molecule has 6 nitrogen and oxygen atoms in total. The van der Waals surface area contributed by atoms with Gasteiger partial charge in [-0.15, -0.1) is 0 Å². The van der Waals surface area contributed by atoms with Gasteiger partial charge >= 0.3 is 6.03 Å². The number of halogens is 1. The van der Waals surface area contributed by atoms with Crippen LogP contribution < -0.4 is 16.7 Å². The Morgan fingerprint density at radius 2 is 1.82 bits per heavy atom. The highest BCUT2D eigenvalue weighted by atomic mass is 79.9. The number of amides is 2. The summed E-state index contributed by atoms with van der Waals surface area (Å²) in [6, 6.07) is 13.3. The number of aromatic nitrogens is 2. The van der Waals surface area contributed by atoms with Gasteiger partial charge in [0, 0.05) is 10.0 Å². The minimum atomic E-state index is -0.836. The van der Waals surface area contributed by atoms with E-state index < -0.39 is 6.03 Å². The Hall–Kier alpha value is -2.67. The van der Waals surface area contributed by atoms with E-state index in [0.29, 0.717) is 22.3 Å². The maximum absolute atomic E-state index is 12.6. The van der Waals surface area contributed by atoms with Crippen molar-refractivity contribution in [3.8, 4) is 11.4 Å². The molecule has 7 heteroatoms. The summed E-state index contributed by atoms with van der Waals surface area (Å²) in [5, 5.41) is 0.400. The number of para-hydroxylation sites is 1. The molecule has 1 aromatic heterocycles. The molecular formula is C15H11BrN4O2. The summed E-state index contributed by atoms with van der Waals surface area (Å²) in [6.45, 7) is 0. The van der Waals surface area contributed by atoms with Crippen LogP contribution in [0.25, 0.3) is 22.3 Å². The van der Waals surface area contributed by atoms with Crippen LogP contribution in [-0.4, -0.2) is 15.7 Å². The van der Waals surface area contributed by atoms with E-state index in [0.717, 1.165) is 9.15 Å². The van der Waals surface area contributed by atoms with E-state index in [1.165, 1.54) is 0 Å². The Balaban J connectivity index is 2.33. The summed E-state index contributed by atoms with van der Waals surface area (Å²) in [5.74, 6) is 0.315. The number of carbonyl (C=O) groups excluding carboxylic acids is 1. The van der Waals surface area contributed by atoms with Crippen molar-refractivity contribution in [1.82, 2.24) is 9.66 Å². The molecule has 0 radical (unpaired) electrons. The molecule has 0 spiro atoms. The summed E-state index contributed by atoms with van der Waals surface area (Å²) in [4.78, 5) is 28.2.